The number of allylic oxidation sites excluding steroid dienone is 1. The molecule has 6 saturated heterocycles. The first-order chi connectivity index (χ1) is 23.4. The van der Waals surface area contributed by atoms with Crippen molar-refractivity contribution in [2.45, 2.75) is 174 Å². The average molecular weight is 681 g/mol. The highest BCUT2D eigenvalue weighted by molar-refractivity contribution is 5.26. The van der Waals surface area contributed by atoms with Gasteiger partial charge < -0.3 is 23.7 Å². The topological polar surface area (TPSA) is 64.6 Å². The van der Waals surface area contributed by atoms with Crippen molar-refractivity contribution in [1.29, 1.82) is 0 Å². The fourth-order valence-corrected chi connectivity index (χ4v) is 15.0. The van der Waals surface area contributed by atoms with Gasteiger partial charge in [-0.3, -0.25) is 0 Å². The van der Waals surface area contributed by atoms with E-state index in [9.17, 15) is 0 Å². The second-order valence-electron chi connectivity index (χ2n) is 20.1. The van der Waals surface area contributed by atoms with E-state index in [1.807, 2.05) is 6.92 Å². The molecule has 19 atom stereocenters. The Labute approximate surface area is 295 Å². The number of hydrogen-bond donors (Lipinski definition) is 0. The van der Waals surface area contributed by atoms with Crippen LogP contribution in [-0.2, 0) is 33.5 Å². The first kappa shape index (κ1) is 33.1. The minimum Gasteiger partial charge on any atom is -0.349 e. The molecule has 6 heterocycles. The number of ether oxygens (including phenoxy) is 5. The molecule has 0 aromatic carbocycles. The largest absolute Gasteiger partial charge is 0.349 e. The summed E-state index contributed by atoms with van der Waals surface area (Å²) in [6.45, 7) is 17.7. The van der Waals surface area contributed by atoms with E-state index in [-0.39, 0.29) is 29.5 Å². The van der Waals surface area contributed by atoms with Crippen LogP contribution in [0.4, 0.5) is 0 Å². The van der Waals surface area contributed by atoms with Crippen molar-refractivity contribution < 1.29 is 33.5 Å². The van der Waals surface area contributed by atoms with Crippen molar-refractivity contribution in [2.75, 3.05) is 6.61 Å². The zero-order valence-electron chi connectivity index (χ0n) is 31.4. The summed E-state index contributed by atoms with van der Waals surface area (Å²) >= 11 is 0. The zero-order chi connectivity index (χ0) is 33.7. The van der Waals surface area contributed by atoms with Gasteiger partial charge in [-0.1, -0.05) is 53.2 Å². The van der Waals surface area contributed by atoms with E-state index in [0.717, 1.165) is 62.9 Å². The molecule has 2 bridgehead atoms. The standard InChI is InChI=1S/C42H64O7/c1-23-12-19-41(43-22-23)26(4)35-34(46-41)21-33-29-10-9-27-20-28(13-16-38(27,5)32(29)14-17-39(33,35)6)44-36-25(3)31-11-8-24(2)30-15-18-40(7)47-37(45-36)42(30,31)49-48-40/h9,23-26,28-37H,8,10-22H2,1-7H3/t23?,24-,25-,26+,28+,29?,30?,31?,32?,33?,34+,35+,36?,37?,38+,39+,40?,41+,42-/m1/s1. The van der Waals surface area contributed by atoms with Crippen LogP contribution in [0.25, 0.3) is 0 Å². The van der Waals surface area contributed by atoms with Crippen molar-refractivity contribution in [3.8, 4) is 0 Å². The summed E-state index contributed by atoms with van der Waals surface area (Å²) in [5.41, 5.74) is 1.77. The highest BCUT2D eigenvalue weighted by Gasteiger charge is 2.71. The van der Waals surface area contributed by atoms with Crippen molar-refractivity contribution in [2.24, 2.45) is 70.0 Å². The van der Waals surface area contributed by atoms with Gasteiger partial charge in [0.2, 0.25) is 5.79 Å². The Bertz CT molecular complexity index is 1360. The summed E-state index contributed by atoms with van der Waals surface area (Å²) in [4.78, 5) is 12.5. The molecular weight excluding hydrogens is 616 g/mol. The van der Waals surface area contributed by atoms with Crippen LogP contribution in [-0.4, -0.2) is 48.6 Å². The lowest BCUT2D eigenvalue weighted by atomic mass is 9.47. The summed E-state index contributed by atoms with van der Waals surface area (Å²) in [6, 6.07) is 0. The van der Waals surface area contributed by atoms with Crippen LogP contribution in [0.2, 0.25) is 0 Å². The molecule has 9 unspecified atom stereocenters. The molecule has 11 rings (SSSR count). The highest BCUT2D eigenvalue weighted by Crippen LogP contribution is 2.71. The molecule has 6 aliphatic heterocycles. The number of fused-ring (bicyclic) bond motifs is 9. The minimum absolute atomic E-state index is 0.190. The maximum absolute atomic E-state index is 7.06. The van der Waals surface area contributed by atoms with Crippen LogP contribution in [0.3, 0.4) is 0 Å². The molecule has 4 saturated carbocycles. The Kier molecular flexibility index (Phi) is 7.43. The molecule has 0 radical (unpaired) electrons. The molecule has 10 fully saturated rings. The predicted molar refractivity (Wildman–Crippen MR) is 183 cm³/mol. The molecule has 0 aromatic heterocycles. The third-order valence-corrected chi connectivity index (χ3v) is 17.7. The van der Waals surface area contributed by atoms with E-state index in [1.54, 1.807) is 5.57 Å². The van der Waals surface area contributed by atoms with Crippen molar-refractivity contribution in [3.05, 3.63) is 11.6 Å². The molecule has 0 amide bonds. The molecule has 0 aromatic rings. The van der Waals surface area contributed by atoms with Gasteiger partial charge in [-0.2, -0.15) is 0 Å². The molecule has 5 aliphatic carbocycles. The Morgan fingerprint density at radius 3 is 2.45 bits per heavy atom. The van der Waals surface area contributed by atoms with Crippen LogP contribution in [0.1, 0.15) is 132 Å². The van der Waals surface area contributed by atoms with Gasteiger partial charge in [0, 0.05) is 30.6 Å². The molecule has 274 valence electrons. The number of hydrogen-bond acceptors (Lipinski definition) is 7. The molecule has 2 spiro atoms. The quantitative estimate of drug-likeness (QED) is 0.213. The van der Waals surface area contributed by atoms with E-state index in [4.69, 9.17) is 33.5 Å². The van der Waals surface area contributed by atoms with E-state index in [1.165, 1.54) is 44.9 Å². The highest BCUT2D eigenvalue weighted by atomic mass is 17.3. The summed E-state index contributed by atoms with van der Waals surface area (Å²) in [7, 11) is 0. The molecule has 0 N–H and O–H groups in total. The lowest BCUT2D eigenvalue weighted by Crippen LogP contribution is -2.70. The first-order valence-electron chi connectivity index (χ1n) is 20.8. The van der Waals surface area contributed by atoms with Gasteiger partial charge in [-0.05, 0) is 130 Å². The molecular formula is C42H64O7. The monoisotopic (exact) mass is 680 g/mol. The SMILES string of the molecule is CC1CC[C@]2(OC1)O[C@H]1CC3C4CC=C5C[C@@H](OC6OC7OC8(C)CCC9[C@H](C)CCC([C@H]6C)[C@@]79OO8)CC[C@]5(C)C4CC[C@]3(C)[C@H]1[C@@H]2C. The van der Waals surface area contributed by atoms with Crippen molar-refractivity contribution >= 4 is 0 Å². The smallest absolute Gasteiger partial charge is 0.201 e. The minimum atomic E-state index is -0.749. The van der Waals surface area contributed by atoms with Gasteiger partial charge in [0.1, 0.15) is 0 Å². The normalized spacial score (nSPS) is 62.0. The molecule has 7 nitrogen and oxygen atoms in total. The van der Waals surface area contributed by atoms with Gasteiger partial charge in [0.15, 0.2) is 24.0 Å². The fourth-order valence-electron chi connectivity index (χ4n) is 15.0. The predicted octanol–water partition coefficient (Wildman–Crippen LogP) is 8.95. The summed E-state index contributed by atoms with van der Waals surface area (Å²) < 4.78 is 34.2. The lowest BCUT2D eigenvalue weighted by molar-refractivity contribution is -0.578. The average Bonchev–Trinajstić information content (AvgIpc) is 3.39. The summed E-state index contributed by atoms with van der Waals surface area (Å²) in [5, 5.41) is 0. The van der Waals surface area contributed by atoms with Crippen LogP contribution < -0.4 is 0 Å². The van der Waals surface area contributed by atoms with Crippen LogP contribution in [0, 0.1) is 70.0 Å². The summed E-state index contributed by atoms with van der Waals surface area (Å²) in [6.07, 6.45) is 17.6. The molecule has 49 heavy (non-hydrogen) atoms. The maximum atomic E-state index is 7.06. The molecule has 7 heteroatoms. The zero-order valence-corrected chi connectivity index (χ0v) is 31.4. The second-order valence-corrected chi connectivity index (χ2v) is 20.1. The van der Waals surface area contributed by atoms with Crippen molar-refractivity contribution in [3.63, 3.8) is 0 Å². The third kappa shape index (κ3) is 4.45. The van der Waals surface area contributed by atoms with Crippen LogP contribution in [0.5, 0.6) is 0 Å². The van der Waals surface area contributed by atoms with Gasteiger partial charge in [0.05, 0.1) is 18.8 Å². The van der Waals surface area contributed by atoms with Gasteiger partial charge >= 0.3 is 0 Å². The van der Waals surface area contributed by atoms with E-state index in [2.05, 4.69) is 47.6 Å². The van der Waals surface area contributed by atoms with Crippen molar-refractivity contribution in [1.82, 2.24) is 0 Å². The van der Waals surface area contributed by atoms with E-state index >= 15 is 0 Å². The van der Waals surface area contributed by atoms with Crippen LogP contribution >= 0.6 is 0 Å². The third-order valence-electron chi connectivity index (χ3n) is 17.7. The fraction of sp³-hybridized carbons (Fsp3) is 0.952. The van der Waals surface area contributed by atoms with E-state index in [0.29, 0.717) is 47.0 Å². The Morgan fingerprint density at radius 1 is 0.796 bits per heavy atom. The first-order valence-corrected chi connectivity index (χ1v) is 20.8. The lowest BCUT2D eigenvalue weighted by Gasteiger charge is -2.61. The van der Waals surface area contributed by atoms with Gasteiger partial charge in [-0.25, -0.2) is 9.78 Å². The van der Waals surface area contributed by atoms with E-state index < -0.39 is 17.7 Å². The van der Waals surface area contributed by atoms with Gasteiger partial charge in [0.25, 0.3) is 0 Å². The number of rotatable bonds is 2. The molecule has 11 aliphatic rings. The Hall–Kier alpha value is -0.540. The maximum Gasteiger partial charge on any atom is 0.201 e. The van der Waals surface area contributed by atoms with Gasteiger partial charge in [-0.15, -0.1) is 0 Å². The van der Waals surface area contributed by atoms with Crippen LogP contribution in [0.15, 0.2) is 11.6 Å². The Balaban J connectivity index is 0.849. The second kappa shape index (κ2) is 11.0. The summed E-state index contributed by atoms with van der Waals surface area (Å²) in [5.74, 6) is 4.45. The Morgan fingerprint density at radius 2 is 1.63 bits per heavy atom.